The second-order valence-corrected chi connectivity index (χ2v) is 5.48. The quantitative estimate of drug-likeness (QED) is 0.853. The van der Waals surface area contributed by atoms with Gasteiger partial charge in [-0.15, -0.1) is 0 Å². The number of nitrogens with zero attached hydrogens (tertiary/aromatic N) is 3. The predicted octanol–water partition coefficient (Wildman–Crippen LogP) is 0.706. The topological polar surface area (TPSA) is 71.0 Å². The van der Waals surface area contributed by atoms with Crippen LogP contribution in [0.15, 0.2) is 34.1 Å². The van der Waals surface area contributed by atoms with Crippen LogP contribution in [0.25, 0.3) is 0 Å². The molecule has 6 heteroatoms. The average molecular weight is 302 g/mol. The van der Waals surface area contributed by atoms with Crippen molar-refractivity contribution in [2.45, 2.75) is 26.3 Å². The fraction of sp³-hybridized carbons (Fsp3) is 0.438. The van der Waals surface area contributed by atoms with E-state index in [1.807, 2.05) is 19.3 Å². The van der Waals surface area contributed by atoms with Crippen molar-refractivity contribution in [1.82, 2.24) is 19.4 Å². The van der Waals surface area contributed by atoms with E-state index in [-0.39, 0.29) is 11.2 Å². The van der Waals surface area contributed by atoms with Gasteiger partial charge in [0.25, 0.3) is 5.56 Å². The van der Waals surface area contributed by atoms with E-state index in [2.05, 4.69) is 27.9 Å². The summed E-state index contributed by atoms with van der Waals surface area (Å²) in [5.74, 6) is 0. The number of pyridine rings is 1. The van der Waals surface area contributed by atoms with Crippen molar-refractivity contribution in [2.75, 3.05) is 13.6 Å². The molecule has 1 N–H and O–H groups in total. The van der Waals surface area contributed by atoms with Gasteiger partial charge in [0, 0.05) is 38.1 Å². The summed E-state index contributed by atoms with van der Waals surface area (Å²) in [5, 5.41) is 0. The summed E-state index contributed by atoms with van der Waals surface area (Å²) in [6.07, 6.45) is 4.99. The molecule has 0 amide bonds. The third-order valence-corrected chi connectivity index (χ3v) is 3.74. The molecule has 22 heavy (non-hydrogen) atoms. The Morgan fingerprint density at radius 3 is 2.73 bits per heavy atom. The molecule has 2 rings (SSSR count). The number of hydrogen-bond acceptors (Lipinski definition) is 4. The second kappa shape index (κ2) is 7.17. The Balaban J connectivity index is 1.95. The van der Waals surface area contributed by atoms with Gasteiger partial charge >= 0.3 is 5.69 Å². The lowest BCUT2D eigenvalue weighted by Crippen LogP contribution is -2.35. The highest BCUT2D eigenvalue weighted by molar-refractivity contribution is 5.14. The standard InChI is InChI=1S/C16H22N4O2/c1-4-12-5-6-14(17-9-12)11-19(2)8-7-13-10-18-16(22)20(3)15(13)21/h5-6,9-10H,4,7-8,11H2,1-3H3,(H,18,22). The second-order valence-electron chi connectivity index (χ2n) is 5.48. The summed E-state index contributed by atoms with van der Waals surface area (Å²) in [6, 6.07) is 4.13. The summed E-state index contributed by atoms with van der Waals surface area (Å²) >= 11 is 0. The molecule has 0 saturated heterocycles. The van der Waals surface area contributed by atoms with E-state index in [1.54, 1.807) is 0 Å². The Bertz CT molecular complexity index is 731. The zero-order chi connectivity index (χ0) is 16.1. The molecule has 0 spiro atoms. The van der Waals surface area contributed by atoms with Gasteiger partial charge in [-0.05, 0) is 31.5 Å². The lowest BCUT2D eigenvalue weighted by molar-refractivity contribution is 0.326. The van der Waals surface area contributed by atoms with Gasteiger partial charge in [-0.1, -0.05) is 13.0 Å². The highest BCUT2D eigenvalue weighted by Crippen LogP contribution is 2.04. The number of likely N-dealkylation sites (N-methyl/N-ethyl adjacent to an activating group) is 1. The molecule has 2 aromatic rings. The maximum atomic E-state index is 11.9. The number of aromatic amines is 1. The van der Waals surface area contributed by atoms with Crippen LogP contribution < -0.4 is 11.2 Å². The van der Waals surface area contributed by atoms with E-state index in [4.69, 9.17) is 0 Å². The third-order valence-electron chi connectivity index (χ3n) is 3.74. The normalized spacial score (nSPS) is 11.1. The number of aromatic nitrogens is 3. The van der Waals surface area contributed by atoms with Crippen LogP contribution in [-0.4, -0.2) is 33.0 Å². The molecule has 2 heterocycles. The minimum absolute atomic E-state index is 0.234. The maximum absolute atomic E-state index is 11.9. The number of rotatable bonds is 6. The van der Waals surface area contributed by atoms with Crippen LogP contribution in [0.3, 0.4) is 0 Å². The molecule has 0 saturated carbocycles. The first-order valence-corrected chi connectivity index (χ1v) is 7.41. The molecule has 0 aliphatic heterocycles. The summed E-state index contributed by atoms with van der Waals surface area (Å²) in [6.45, 7) is 3.56. The molecule has 0 atom stereocenters. The van der Waals surface area contributed by atoms with E-state index in [9.17, 15) is 9.59 Å². The van der Waals surface area contributed by atoms with Crippen LogP contribution in [0.1, 0.15) is 23.7 Å². The van der Waals surface area contributed by atoms with E-state index < -0.39 is 0 Å². The largest absolute Gasteiger partial charge is 0.328 e. The number of hydrogen-bond donors (Lipinski definition) is 1. The molecular formula is C16H22N4O2. The Morgan fingerprint density at radius 1 is 1.32 bits per heavy atom. The van der Waals surface area contributed by atoms with Gasteiger partial charge in [0.2, 0.25) is 0 Å². The van der Waals surface area contributed by atoms with Gasteiger partial charge in [-0.25, -0.2) is 4.79 Å². The van der Waals surface area contributed by atoms with Crippen LogP contribution in [0.5, 0.6) is 0 Å². The molecule has 0 aliphatic rings. The first-order chi connectivity index (χ1) is 10.5. The van der Waals surface area contributed by atoms with Gasteiger partial charge in [-0.2, -0.15) is 0 Å². The Hall–Kier alpha value is -2.21. The fourth-order valence-corrected chi connectivity index (χ4v) is 2.22. The minimum Gasteiger partial charge on any atom is -0.314 e. The molecule has 2 aromatic heterocycles. The summed E-state index contributed by atoms with van der Waals surface area (Å²) in [4.78, 5) is 32.4. The van der Waals surface area contributed by atoms with Gasteiger partial charge in [-0.3, -0.25) is 14.3 Å². The lowest BCUT2D eigenvalue weighted by atomic mass is 10.2. The molecule has 0 aromatic carbocycles. The lowest BCUT2D eigenvalue weighted by Gasteiger charge is -2.16. The molecule has 0 aliphatic carbocycles. The SMILES string of the molecule is CCc1ccc(CN(C)CCc2c[nH]c(=O)n(C)c2=O)nc1. The van der Waals surface area contributed by atoms with E-state index in [1.165, 1.54) is 18.8 Å². The van der Waals surface area contributed by atoms with Crippen LogP contribution in [0.4, 0.5) is 0 Å². The van der Waals surface area contributed by atoms with Crippen molar-refractivity contribution in [3.63, 3.8) is 0 Å². The molecular weight excluding hydrogens is 280 g/mol. The Morgan fingerprint density at radius 2 is 2.09 bits per heavy atom. The highest BCUT2D eigenvalue weighted by atomic mass is 16.2. The van der Waals surface area contributed by atoms with Crippen molar-refractivity contribution in [3.05, 3.63) is 62.2 Å². The number of aryl methyl sites for hydroxylation is 1. The van der Waals surface area contributed by atoms with Crippen molar-refractivity contribution in [2.24, 2.45) is 7.05 Å². The summed E-state index contributed by atoms with van der Waals surface area (Å²) < 4.78 is 1.10. The van der Waals surface area contributed by atoms with E-state index in [0.717, 1.165) is 29.8 Å². The molecule has 6 nitrogen and oxygen atoms in total. The molecule has 0 radical (unpaired) electrons. The van der Waals surface area contributed by atoms with Crippen LogP contribution in [0.2, 0.25) is 0 Å². The monoisotopic (exact) mass is 302 g/mol. The predicted molar refractivity (Wildman–Crippen MR) is 86.0 cm³/mol. The fourth-order valence-electron chi connectivity index (χ4n) is 2.22. The zero-order valence-electron chi connectivity index (χ0n) is 13.3. The molecule has 0 fully saturated rings. The minimum atomic E-state index is -0.387. The van der Waals surface area contributed by atoms with Crippen molar-refractivity contribution >= 4 is 0 Å². The Kier molecular flexibility index (Phi) is 5.27. The van der Waals surface area contributed by atoms with Gasteiger partial charge in [0.15, 0.2) is 0 Å². The van der Waals surface area contributed by atoms with E-state index >= 15 is 0 Å². The van der Waals surface area contributed by atoms with E-state index in [0.29, 0.717) is 12.0 Å². The molecule has 0 unspecified atom stereocenters. The van der Waals surface area contributed by atoms with Crippen LogP contribution >= 0.6 is 0 Å². The molecule has 118 valence electrons. The zero-order valence-corrected chi connectivity index (χ0v) is 13.3. The van der Waals surface area contributed by atoms with Crippen molar-refractivity contribution in [1.29, 1.82) is 0 Å². The third kappa shape index (κ3) is 3.92. The first kappa shape index (κ1) is 16.2. The van der Waals surface area contributed by atoms with Crippen molar-refractivity contribution in [3.8, 4) is 0 Å². The van der Waals surface area contributed by atoms with Crippen LogP contribution in [0, 0.1) is 0 Å². The van der Waals surface area contributed by atoms with Gasteiger partial charge < -0.3 is 9.88 Å². The Labute approximate surface area is 129 Å². The number of H-pyrrole nitrogens is 1. The number of nitrogens with one attached hydrogen (secondary N) is 1. The molecule has 0 bridgehead atoms. The van der Waals surface area contributed by atoms with Crippen LogP contribution in [-0.2, 0) is 26.4 Å². The summed E-state index contributed by atoms with van der Waals surface area (Å²) in [7, 11) is 3.47. The summed E-state index contributed by atoms with van der Waals surface area (Å²) in [5.41, 5.74) is 2.23. The maximum Gasteiger partial charge on any atom is 0.328 e. The smallest absolute Gasteiger partial charge is 0.314 e. The first-order valence-electron chi connectivity index (χ1n) is 7.41. The van der Waals surface area contributed by atoms with Gasteiger partial charge in [0.05, 0.1) is 5.69 Å². The van der Waals surface area contributed by atoms with Gasteiger partial charge in [0.1, 0.15) is 0 Å². The highest BCUT2D eigenvalue weighted by Gasteiger charge is 2.07. The average Bonchev–Trinajstić information content (AvgIpc) is 2.53. The van der Waals surface area contributed by atoms with Crippen molar-refractivity contribution < 1.29 is 0 Å².